The maximum Gasteiger partial charge on any atom is 0.303 e. The van der Waals surface area contributed by atoms with Crippen LogP contribution in [0.4, 0.5) is 0 Å². The minimum atomic E-state index is -0.774. The molecule has 0 radical (unpaired) electrons. The normalized spacial score (nSPS) is 33.5. The van der Waals surface area contributed by atoms with Gasteiger partial charge in [0.2, 0.25) is 0 Å². The quantitative estimate of drug-likeness (QED) is 0.414. The Hall–Kier alpha value is -2.38. The van der Waals surface area contributed by atoms with Gasteiger partial charge in [-0.25, -0.2) is 0 Å². The van der Waals surface area contributed by atoms with E-state index in [0.29, 0.717) is 0 Å². The van der Waals surface area contributed by atoms with Crippen molar-refractivity contribution in [3.05, 3.63) is 12.2 Å². The third kappa shape index (κ3) is 3.74. The number of ether oxygens (including phenoxy) is 4. The lowest BCUT2D eigenvalue weighted by Crippen LogP contribution is -2.67. The van der Waals surface area contributed by atoms with E-state index in [1.807, 2.05) is 0 Å². The van der Waals surface area contributed by atoms with Crippen molar-refractivity contribution in [2.45, 2.75) is 52.1 Å². The van der Waals surface area contributed by atoms with Gasteiger partial charge in [-0.1, -0.05) is 0 Å². The molecule has 0 amide bonds. The van der Waals surface area contributed by atoms with Gasteiger partial charge < -0.3 is 18.9 Å². The number of carbonyl (C=O) groups excluding carboxylic acids is 4. The molecule has 0 heterocycles. The zero-order valence-electron chi connectivity index (χ0n) is 13.9. The summed E-state index contributed by atoms with van der Waals surface area (Å²) in [6.07, 6.45) is 0.325. The van der Waals surface area contributed by atoms with Crippen LogP contribution in [0.1, 0.15) is 27.7 Å². The first-order valence-corrected chi connectivity index (χ1v) is 7.58. The predicted molar refractivity (Wildman–Crippen MR) is 78.3 cm³/mol. The molecule has 1 saturated carbocycles. The molecule has 1 fully saturated rings. The number of hydrogen-bond acceptors (Lipinski definition) is 8. The first-order valence-electron chi connectivity index (χ1n) is 7.58. The molecule has 0 aromatic rings. The molecule has 0 unspecified atom stereocenters. The lowest BCUT2D eigenvalue weighted by Gasteiger charge is -2.54. The molecule has 2 rings (SSSR count). The Labute approximate surface area is 139 Å². The molecule has 24 heavy (non-hydrogen) atoms. The standard InChI is InChI=1S/C16H20O8/c1-7(17)21-11-5-6-12(22-8(2)18)14-13(11)15(23-9(3)19)16(14)24-10(4)20/h5-6,11-16H,1-4H3/t11-,12+,13+,14-,15-,16-/m1/s1. The summed E-state index contributed by atoms with van der Waals surface area (Å²) in [6.45, 7) is 5.01. The van der Waals surface area contributed by atoms with E-state index in [9.17, 15) is 19.2 Å². The van der Waals surface area contributed by atoms with Crippen molar-refractivity contribution < 1.29 is 38.1 Å². The molecule has 0 N–H and O–H groups in total. The lowest BCUT2D eigenvalue weighted by atomic mass is 9.60. The Morgan fingerprint density at radius 1 is 0.583 bits per heavy atom. The maximum atomic E-state index is 11.4. The minimum Gasteiger partial charge on any atom is -0.458 e. The summed E-state index contributed by atoms with van der Waals surface area (Å²) < 4.78 is 21.0. The molecule has 0 bridgehead atoms. The van der Waals surface area contributed by atoms with Gasteiger partial charge in [0, 0.05) is 27.7 Å². The Morgan fingerprint density at radius 3 is 1.12 bits per heavy atom. The summed E-state index contributed by atoms with van der Waals surface area (Å²) in [6, 6.07) is 0. The van der Waals surface area contributed by atoms with Crippen LogP contribution in [0.3, 0.4) is 0 Å². The molecule has 2 aliphatic carbocycles. The van der Waals surface area contributed by atoms with E-state index >= 15 is 0 Å². The van der Waals surface area contributed by atoms with Gasteiger partial charge in [-0.2, -0.15) is 0 Å². The summed E-state index contributed by atoms with van der Waals surface area (Å²) in [7, 11) is 0. The highest BCUT2D eigenvalue weighted by Gasteiger charge is 2.63. The van der Waals surface area contributed by atoms with Crippen molar-refractivity contribution in [1.29, 1.82) is 0 Å². The van der Waals surface area contributed by atoms with Crippen molar-refractivity contribution in [2.24, 2.45) is 11.8 Å². The molecule has 132 valence electrons. The average Bonchev–Trinajstić information content (AvgIpc) is 2.42. The van der Waals surface area contributed by atoms with Crippen molar-refractivity contribution in [3.8, 4) is 0 Å². The number of hydrogen-bond donors (Lipinski definition) is 0. The third-order valence-electron chi connectivity index (χ3n) is 3.98. The van der Waals surface area contributed by atoms with Gasteiger partial charge in [0.1, 0.15) is 24.4 Å². The van der Waals surface area contributed by atoms with Crippen LogP contribution in [0, 0.1) is 11.8 Å². The Balaban J connectivity index is 2.31. The van der Waals surface area contributed by atoms with Gasteiger partial charge in [0.15, 0.2) is 0 Å². The highest BCUT2D eigenvalue weighted by atomic mass is 16.6. The van der Waals surface area contributed by atoms with Crippen molar-refractivity contribution in [1.82, 2.24) is 0 Å². The second-order valence-electron chi connectivity index (χ2n) is 5.84. The highest BCUT2D eigenvalue weighted by Crippen LogP contribution is 2.48. The van der Waals surface area contributed by atoms with Crippen LogP contribution in [-0.2, 0) is 38.1 Å². The molecule has 0 aromatic heterocycles. The van der Waals surface area contributed by atoms with Crippen LogP contribution in [0.25, 0.3) is 0 Å². The number of esters is 4. The van der Waals surface area contributed by atoms with E-state index in [0.717, 1.165) is 0 Å². The molecule has 0 aliphatic heterocycles. The van der Waals surface area contributed by atoms with Gasteiger partial charge in [-0.3, -0.25) is 19.2 Å². The van der Waals surface area contributed by atoms with Crippen molar-refractivity contribution in [3.63, 3.8) is 0 Å². The number of fused-ring (bicyclic) bond motifs is 1. The molecule has 0 aromatic carbocycles. The van der Waals surface area contributed by atoms with Gasteiger partial charge in [0.05, 0.1) is 11.8 Å². The van der Waals surface area contributed by atoms with E-state index in [4.69, 9.17) is 18.9 Å². The Bertz CT molecular complexity index is 531. The summed E-state index contributed by atoms with van der Waals surface area (Å²) in [5.41, 5.74) is 0. The van der Waals surface area contributed by atoms with Crippen molar-refractivity contribution in [2.75, 3.05) is 0 Å². The fourth-order valence-electron chi connectivity index (χ4n) is 3.31. The van der Waals surface area contributed by atoms with E-state index in [-0.39, 0.29) is 0 Å². The van der Waals surface area contributed by atoms with Gasteiger partial charge in [-0.05, 0) is 12.2 Å². The molecular weight excluding hydrogens is 320 g/mol. The second kappa shape index (κ2) is 7.02. The van der Waals surface area contributed by atoms with Gasteiger partial charge in [0.25, 0.3) is 0 Å². The lowest BCUT2D eigenvalue weighted by molar-refractivity contribution is -0.242. The van der Waals surface area contributed by atoms with E-state index < -0.39 is 60.1 Å². The zero-order valence-corrected chi connectivity index (χ0v) is 13.9. The molecule has 0 spiro atoms. The summed E-state index contributed by atoms with van der Waals surface area (Å²) >= 11 is 0. The first-order chi connectivity index (χ1) is 11.2. The van der Waals surface area contributed by atoms with Gasteiger partial charge in [-0.15, -0.1) is 0 Å². The topological polar surface area (TPSA) is 105 Å². The van der Waals surface area contributed by atoms with Gasteiger partial charge >= 0.3 is 23.9 Å². The minimum absolute atomic E-state index is 0.462. The van der Waals surface area contributed by atoms with Crippen molar-refractivity contribution >= 4 is 23.9 Å². The Kier molecular flexibility index (Phi) is 5.26. The summed E-state index contributed by atoms with van der Waals surface area (Å²) in [5.74, 6) is -3.00. The molecule has 8 nitrogen and oxygen atoms in total. The largest absolute Gasteiger partial charge is 0.458 e. The fourth-order valence-corrected chi connectivity index (χ4v) is 3.31. The van der Waals surface area contributed by atoms with E-state index in [1.165, 1.54) is 27.7 Å². The van der Waals surface area contributed by atoms with E-state index in [1.54, 1.807) is 12.2 Å². The highest BCUT2D eigenvalue weighted by molar-refractivity contribution is 5.69. The third-order valence-corrected chi connectivity index (χ3v) is 3.98. The molecule has 0 saturated heterocycles. The van der Waals surface area contributed by atoms with E-state index in [2.05, 4.69) is 0 Å². The summed E-state index contributed by atoms with van der Waals surface area (Å²) in [5, 5.41) is 0. The average molecular weight is 340 g/mol. The van der Waals surface area contributed by atoms with Crippen LogP contribution < -0.4 is 0 Å². The molecule has 6 atom stereocenters. The molecule has 8 heteroatoms. The van der Waals surface area contributed by atoms with Crippen LogP contribution in [0.15, 0.2) is 12.2 Å². The number of rotatable bonds is 4. The van der Waals surface area contributed by atoms with Crippen LogP contribution in [0.2, 0.25) is 0 Å². The smallest absolute Gasteiger partial charge is 0.303 e. The molecular formula is C16H20O8. The zero-order chi connectivity index (χ0) is 18.0. The Morgan fingerprint density at radius 2 is 0.875 bits per heavy atom. The summed E-state index contributed by atoms with van der Waals surface area (Å²) in [4.78, 5) is 45.3. The fraction of sp³-hybridized carbons (Fsp3) is 0.625. The molecule has 2 aliphatic rings. The predicted octanol–water partition coefficient (Wildman–Crippen LogP) is 0.529. The monoisotopic (exact) mass is 340 g/mol. The second-order valence-corrected chi connectivity index (χ2v) is 5.84. The van der Waals surface area contributed by atoms with Crippen LogP contribution in [-0.4, -0.2) is 48.3 Å². The first kappa shape index (κ1) is 18.0. The number of carbonyl (C=O) groups is 4. The maximum absolute atomic E-state index is 11.4. The SMILES string of the molecule is CC(=O)O[C@H]1[C@H](OC(C)=O)[C@H]2[C@@H]1[C@H](OC(C)=O)C=C[C@@H]2OC(C)=O. The van der Waals surface area contributed by atoms with Crippen LogP contribution in [0.5, 0.6) is 0 Å². The van der Waals surface area contributed by atoms with Crippen LogP contribution >= 0.6 is 0 Å².